The number of benzene rings is 1. The van der Waals surface area contributed by atoms with E-state index in [1.165, 1.54) is 0 Å². The molecule has 1 aromatic heterocycles. The van der Waals surface area contributed by atoms with Crippen molar-refractivity contribution in [1.82, 2.24) is 19.9 Å². The number of aromatic nitrogens is 2. The average molecular weight is 366 g/mol. The Labute approximate surface area is 153 Å². The van der Waals surface area contributed by atoms with Crippen LogP contribution in [0.1, 0.15) is 40.6 Å². The van der Waals surface area contributed by atoms with E-state index in [1.807, 2.05) is 36.1 Å². The van der Waals surface area contributed by atoms with E-state index in [0.29, 0.717) is 36.9 Å². The second-order valence-electron chi connectivity index (χ2n) is 6.09. The summed E-state index contributed by atoms with van der Waals surface area (Å²) in [4.78, 5) is 21.0. The first-order chi connectivity index (χ1) is 11.6. The molecule has 1 amide bonds. The summed E-state index contributed by atoms with van der Waals surface area (Å²) in [6, 6.07) is 7.57. The van der Waals surface area contributed by atoms with Crippen molar-refractivity contribution in [2.45, 2.75) is 26.4 Å². The van der Waals surface area contributed by atoms with Gasteiger partial charge in [-0.3, -0.25) is 9.69 Å². The molecule has 0 saturated carbocycles. The molecule has 8 heteroatoms. The van der Waals surface area contributed by atoms with Gasteiger partial charge < -0.3 is 15.2 Å². The first kappa shape index (κ1) is 19.4. The van der Waals surface area contributed by atoms with Crippen LogP contribution in [-0.4, -0.2) is 52.0 Å². The van der Waals surface area contributed by atoms with E-state index in [1.54, 1.807) is 0 Å². The molecule has 2 aromatic rings. The van der Waals surface area contributed by atoms with Crippen molar-refractivity contribution in [3.05, 3.63) is 47.1 Å². The van der Waals surface area contributed by atoms with Crippen molar-refractivity contribution >= 4 is 18.3 Å². The fraction of sp³-hybridized carbons (Fsp3) is 0.471. The molecule has 1 fully saturated rings. The van der Waals surface area contributed by atoms with Crippen molar-refractivity contribution in [2.24, 2.45) is 5.73 Å². The summed E-state index contributed by atoms with van der Waals surface area (Å²) < 4.78 is 5.25. The number of nitrogens with two attached hydrogens (primary N) is 1. The van der Waals surface area contributed by atoms with E-state index >= 15 is 0 Å². The lowest BCUT2D eigenvalue weighted by Crippen LogP contribution is -2.49. The van der Waals surface area contributed by atoms with E-state index in [0.717, 1.165) is 18.7 Å². The van der Waals surface area contributed by atoms with Gasteiger partial charge in [0.1, 0.15) is 0 Å². The van der Waals surface area contributed by atoms with Crippen LogP contribution < -0.4 is 5.73 Å². The number of hydrogen-bond acceptors (Lipinski definition) is 6. The number of carbonyl (C=O) groups is 1. The van der Waals surface area contributed by atoms with Crippen LogP contribution in [-0.2, 0) is 6.54 Å². The smallest absolute Gasteiger partial charge is 0.253 e. The highest BCUT2D eigenvalue weighted by Crippen LogP contribution is 2.20. The SMILES string of the molecule is Cc1noc(C(C)N2CCN(C(=O)c3ccc(CN)cc3)CC2)n1.Cl. The fourth-order valence-electron chi connectivity index (χ4n) is 2.92. The summed E-state index contributed by atoms with van der Waals surface area (Å²) in [6.07, 6.45) is 0. The van der Waals surface area contributed by atoms with E-state index in [4.69, 9.17) is 10.3 Å². The van der Waals surface area contributed by atoms with Crippen LogP contribution in [0, 0.1) is 6.92 Å². The minimum atomic E-state index is 0. The Balaban J connectivity index is 0.00000225. The summed E-state index contributed by atoms with van der Waals surface area (Å²) in [5, 5.41) is 3.84. The van der Waals surface area contributed by atoms with E-state index in [9.17, 15) is 4.79 Å². The minimum absolute atomic E-state index is 0. The van der Waals surface area contributed by atoms with Crippen LogP contribution in [0.2, 0.25) is 0 Å². The highest BCUT2D eigenvalue weighted by atomic mass is 35.5. The van der Waals surface area contributed by atoms with Gasteiger partial charge in [-0.25, -0.2) is 0 Å². The second kappa shape index (κ2) is 8.42. The number of rotatable bonds is 4. The Kier molecular flexibility index (Phi) is 6.52. The first-order valence-electron chi connectivity index (χ1n) is 8.21. The maximum Gasteiger partial charge on any atom is 0.253 e. The largest absolute Gasteiger partial charge is 0.338 e. The van der Waals surface area contributed by atoms with Gasteiger partial charge in [0.05, 0.1) is 6.04 Å². The maximum atomic E-state index is 12.6. The summed E-state index contributed by atoms with van der Waals surface area (Å²) >= 11 is 0. The molecular formula is C17H24ClN5O2. The molecule has 1 atom stereocenters. The van der Waals surface area contributed by atoms with Crippen LogP contribution in [0.4, 0.5) is 0 Å². The Bertz CT molecular complexity index is 695. The van der Waals surface area contributed by atoms with Gasteiger partial charge >= 0.3 is 0 Å². The monoisotopic (exact) mass is 365 g/mol. The summed E-state index contributed by atoms with van der Waals surface area (Å²) in [6.45, 7) is 7.30. The van der Waals surface area contributed by atoms with Crippen LogP contribution in [0.25, 0.3) is 0 Å². The summed E-state index contributed by atoms with van der Waals surface area (Å²) in [7, 11) is 0. The molecule has 3 rings (SSSR count). The van der Waals surface area contributed by atoms with E-state index < -0.39 is 0 Å². The Hall–Kier alpha value is -1.96. The zero-order chi connectivity index (χ0) is 17.1. The van der Waals surface area contributed by atoms with Gasteiger partial charge in [0.2, 0.25) is 5.89 Å². The Morgan fingerprint density at radius 3 is 2.40 bits per heavy atom. The predicted molar refractivity (Wildman–Crippen MR) is 96.5 cm³/mol. The highest BCUT2D eigenvalue weighted by Gasteiger charge is 2.27. The van der Waals surface area contributed by atoms with Crippen molar-refractivity contribution in [3.63, 3.8) is 0 Å². The van der Waals surface area contributed by atoms with Crippen molar-refractivity contribution in [1.29, 1.82) is 0 Å². The molecule has 0 bridgehead atoms. The predicted octanol–water partition coefficient (Wildman–Crippen LogP) is 1.78. The first-order valence-corrected chi connectivity index (χ1v) is 8.21. The maximum absolute atomic E-state index is 12.6. The number of nitrogens with zero attached hydrogens (tertiary/aromatic N) is 4. The third-order valence-electron chi connectivity index (χ3n) is 4.49. The van der Waals surface area contributed by atoms with E-state index in [2.05, 4.69) is 22.0 Å². The van der Waals surface area contributed by atoms with Gasteiger partial charge in [0.25, 0.3) is 5.91 Å². The molecule has 1 aliphatic heterocycles. The van der Waals surface area contributed by atoms with Crippen molar-refractivity contribution in [2.75, 3.05) is 26.2 Å². The van der Waals surface area contributed by atoms with Gasteiger partial charge in [0, 0.05) is 38.3 Å². The zero-order valence-electron chi connectivity index (χ0n) is 14.5. The molecule has 1 unspecified atom stereocenters. The average Bonchev–Trinajstić information content (AvgIpc) is 3.07. The topological polar surface area (TPSA) is 88.5 Å². The van der Waals surface area contributed by atoms with Gasteiger partial charge in [-0.2, -0.15) is 4.98 Å². The highest BCUT2D eigenvalue weighted by molar-refractivity contribution is 5.94. The van der Waals surface area contributed by atoms with Gasteiger partial charge in [-0.05, 0) is 31.5 Å². The fourth-order valence-corrected chi connectivity index (χ4v) is 2.92. The lowest BCUT2D eigenvalue weighted by atomic mass is 10.1. The number of aryl methyl sites for hydroxylation is 1. The number of halogens is 1. The molecule has 1 saturated heterocycles. The Morgan fingerprint density at radius 2 is 1.88 bits per heavy atom. The van der Waals surface area contributed by atoms with Crippen LogP contribution >= 0.6 is 12.4 Å². The number of carbonyl (C=O) groups excluding carboxylic acids is 1. The number of amides is 1. The van der Waals surface area contributed by atoms with Crippen LogP contribution in [0.3, 0.4) is 0 Å². The zero-order valence-corrected chi connectivity index (χ0v) is 15.3. The molecule has 0 aliphatic carbocycles. The van der Waals surface area contributed by atoms with Crippen molar-refractivity contribution in [3.8, 4) is 0 Å². The Morgan fingerprint density at radius 1 is 1.24 bits per heavy atom. The third-order valence-corrected chi connectivity index (χ3v) is 4.49. The lowest BCUT2D eigenvalue weighted by Gasteiger charge is -2.36. The standard InChI is InChI=1S/C17H23N5O2.ClH/c1-12(16-19-13(2)20-24-16)21-7-9-22(10-8-21)17(23)15-5-3-14(11-18)4-6-15;/h3-6,12H,7-11,18H2,1-2H3;1H. The number of hydrogen-bond donors (Lipinski definition) is 1. The second-order valence-corrected chi connectivity index (χ2v) is 6.09. The molecule has 0 spiro atoms. The summed E-state index contributed by atoms with van der Waals surface area (Å²) in [5.41, 5.74) is 7.33. The quantitative estimate of drug-likeness (QED) is 0.888. The summed E-state index contributed by atoms with van der Waals surface area (Å²) in [5.74, 6) is 1.34. The van der Waals surface area contributed by atoms with Gasteiger partial charge in [0.15, 0.2) is 5.82 Å². The van der Waals surface area contributed by atoms with Gasteiger partial charge in [-0.15, -0.1) is 12.4 Å². The molecule has 7 nitrogen and oxygen atoms in total. The molecule has 2 N–H and O–H groups in total. The van der Waals surface area contributed by atoms with Crippen LogP contribution in [0.5, 0.6) is 0 Å². The molecule has 136 valence electrons. The molecule has 1 aromatic carbocycles. The molecule has 1 aliphatic rings. The van der Waals surface area contributed by atoms with E-state index in [-0.39, 0.29) is 24.4 Å². The number of piperazine rings is 1. The normalized spacial score (nSPS) is 16.4. The molecule has 25 heavy (non-hydrogen) atoms. The van der Waals surface area contributed by atoms with Crippen molar-refractivity contribution < 1.29 is 9.32 Å². The molecule has 2 heterocycles. The van der Waals surface area contributed by atoms with Gasteiger partial charge in [-0.1, -0.05) is 17.3 Å². The minimum Gasteiger partial charge on any atom is -0.338 e. The molecular weight excluding hydrogens is 342 g/mol. The molecule has 0 radical (unpaired) electrons. The van der Waals surface area contributed by atoms with Crippen LogP contribution in [0.15, 0.2) is 28.8 Å². The lowest BCUT2D eigenvalue weighted by molar-refractivity contribution is 0.0551. The third kappa shape index (κ3) is 4.36.